The fourth-order valence-corrected chi connectivity index (χ4v) is 6.55. The van der Waals surface area contributed by atoms with Gasteiger partial charge in [0.15, 0.2) is 5.69 Å². The molecule has 0 radical (unpaired) electrons. The summed E-state index contributed by atoms with van der Waals surface area (Å²) in [7, 11) is 0. The zero-order chi connectivity index (χ0) is 29.6. The van der Waals surface area contributed by atoms with E-state index >= 15 is 0 Å². The van der Waals surface area contributed by atoms with Gasteiger partial charge in [0.05, 0.1) is 53.7 Å². The van der Waals surface area contributed by atoms with E-state index in [-0.39, 0.29) is 35.0 Å². The van der Waals surface area contributed by atoms with E-state index in [1.54, 1.807) is 36.4 Å². The summed E-state index contributed by atoms with van der Waals surface area (Å²) < 4.78 is 34.7. The molecule has 9 nitrogen and oxygen atoms in total. The summed E-state index contributed by atoms with van der Waals surface area (Å²) in [6.45, 7) is 8.98. The zero-order valence-corrected chi connectivity index (χ0v) is 23.6. The SMILES string of the molecule is [C-]#[N+]c1ccc(COc2cccc(C34CCC(Cc5nc6ccc(C(=O)O)cc6n5C[C@@H]5CCO5)(CC3)OC4)n2)c(F)c1. The van der Waals surface area contributed by atoms with Crippen molar-refractivity contribution in [1.29, 1.82) is 0 Å². The van der Waals surface area contributed by atoms with Gasteiger partial charge in [0.2, 0.25) is 5.88 Å². The van der Waals surface area contributed by atoms with Gasteiger partial charge in [0.25, 0.3) is 0 Å². The molecule has 3 aliphatic heterocycles. The van der Waals surface area contributed by atoms with E-state index in [0.717, 1.165) is 61.3 Å². The molecule has 2 aromatic heterocycles. The number of ether oxygens (including phenoxy) is 3. The lowest BCUT2D eigenvalue weighted by Crippen LogP contribution is -2.54. The second kappa shape index (κ2) is 10.7. The van der Waals surface area contributed by atoms with E-state index < -0.39 is 11.8 Å². The van der Waals surface area contributed by atoms with Gasteiger partial charge in [-0.25, -0.2) is 24.0 Å². The minimum atomic E-state index is -0.959. The molecule has 5 heterocycles. The van der Waals surface area contributed by atoms with Gasteiger partial charge >= 0.3 is 5.97 Å². The molecule has 8 rings (SSSR count). The first-order valence-corrected chi connectivity index (χ1v) is 14.6. The Bertz CT molecular complexity index is 1730. The van der Waals surface area contributed by atoms with Gasteiger partial charge < -0.3 is 23.9 Å². The maximum Gasteiger partial charge on any atom is 0.335 e. The van der Waals surface area contributed by atoms with E-state index in [4.69, 9.17) is 30.8 Å². The van der Waals surface area contributed by atoms with Crippen LogP contribution in [0.2, 0.25) is 0 Å². The topological polar surface area (TPSA) is 100 Å². The van der Waals surface area contributed by atoms with Crippen molar-refractivity contribution in [1.82, 2.24) is 14.5 Å². The van der Waals surface area contributed by atoms with Gasteiger partial charge in [-0.05, 0) is 62.4 Å². The molecule has 1 atom stereocenters. The number of fused-ring (bicyclic) bond motifs is 4. The molecule has 2 aromatic carbocycles. The third-order valence-electron chi connectivity index (χ3n) is 9.32. The maximum atomic E-state index is 14.3. The first-order chi connectivity index (χ1) is 20.9. The monoisotopic (exact) mass is 582 g/mol. The first-order valence-electron chi connectivity index (χ1n) is 14.6. The highest BCUT2D eigenvalue weighted by Crippen LogP contribution is 2.51. The predicted octanol–water partition coefficient (Wildman–Crippen LogP) is 6.01. The van der Waals surface area contributed by atoms with Crippen molar-refractivity contribution in [3.63, 3.8) is 0 Å². The van der Waals surface area contributed by atoms with Gasteiger partial charge in [-0.1, -0.05) is 18.2 Å². The number of carbonyl (C=O) groups is 1. The number of carboxylic acid groups (broad SMARTS) is 1. The highest BCUT2D eigenvalue weighted by atomic mass is 19.1. The van der Waals surface area contributed by atoms with Crippen molar-refractivity contribution in [2.75, 3.05) is 13.2 Å². The number of pyridine rings is 1. The number of halogens is 1. The van der Waals surface area contributed by atoms with E-state index in [9.17, 15) is 14.3 Å². The van der Waals surface area contributed by atoms with Crippen LogP contribution in [-0.2, 0) is 34.5 Å². The number of rotatable bonds is 9. The van der Waals surface area contributed by atoms with Crippen molar-refractivity contribution in [2.24, 2.45) is 0 Å². The van der Waals surface area contributed by atoms with Crippen LogP contribution in [0.15, 0.2) is 54.6 Å². The Kier molecular flexibility index (Phi) is 6.87. The van der Waals surface area contributed by atoms with Crippen LogP contribution in [0.25, 0.3) is 15.9 Å². The Balaban J connectivity index is 1.07. The largest absolute Gasteiger partial charge is 0.478 e. The van der Waals surface area contributed by atoms with E-state index in [1.165, 1.54) is 6.07 Å². The number of carboxylic acids is 1. The van der Waals surface area contributed by atoms with Crippen LogP contribution in [0.3, 0.4) is 0 Å². The molecule has 2 bridgehead atoms. The summed E-state index contributed by atoms with van der Waals surface area (Å²) in [6.07, 6.45) is 5.23. The molecule has 0 unspecified atom stereocenters. The van der Waals surface area contributed by atoms with Crippen LogP contribution in [0.4, 0.5) is 10.1 Å². The fourth-order valence-electron chi connectivity index (χ4n) is 6.55. The summed E-state index contributed by atoms with van der Waals surface area (Å²) in [5, 5.41) is 9.56. The molecule has 43 heavy (non-hydrogen) atoms. The summed E-state index contributed by atoms with van der Waals surface area (Å²) in [5.74, 6) is -0.105. The average Bonchev–Trinajstić information content (AvgIpc) is 3.34. The maximum absolute atomic E-state index is 14.3. The first kappa shape index (κ1) is 27.5. The molecule has 10 heteroatoms. The minimum absolute atomic E-state index is 0.0219. The van der Waals surface area contributed by atoms with Gasteiger partial charge in [0, 0.05) is 30.1 Å². The smallest absolute Gasteiger partial charge is 0.335 e. The number of nitrogens with zero attached hydrogens (tertiary/aromatic N) is 4. The fraction of sp³-hybridized carbons (Fsp3) is 0.394. The molecule has 1 saturated carbocycles. The third-order valence-corrected chi connectivity index (χ3v) is 9.32. The molecule has 4 aliphatic rings. The molecule has 0 spiro atoms. The zero-order valence-electron chi connectivity index (χ0n) is 23.6. The summed E-state index contributed by atoms with van der Waals surface area (Å²) >= 11 is 0. The quantitative estimate of drug-likeness (QED) is 0.241. The van der Waals surface area contributed by atoms with Crippen molar-refractivity contribution in [3.8, 4) is 5.88 Å². The van der Waals surface area contributed by atoms with Gasteiger partial charge in [-0.15, -0.1) is 0 Å². The van der Waals surface area contributed by atoms with Crippen molar-refractivity contribution in [2.45, 2.75) is 68.8 Å². The van der Waals surface area contributed by atoms with Crippen LogP contribution >= 0.6 is 0 Å². The van der Waals surface area contributed by atoms with Crippen molar-refractivity contribution < 1.29 is 28.5 Å². The number of benzene rings is 2. The Morgan fingerprint density at radius 3 is 2.65 bits per heavy atom. The highest BCUT2D eigenvalue weighted by Gasteiger charge is 2.52. The third kappa shape index (κ3) is 5.13. The Morgan fingerprint density at radius 2 is 1.98 bits per heavy atom. The Hall–Kier alpha value is -4.33. The van der Waals surface area contributed by atoms with Crippen LogP contribution in [-0.4, -0.2) is 50.5 Å². The standard InChI is InChI=1S/C33H31FN4O5/c1-35-23-7-5-22(25(34)16-23)19-42-30-4-2-3-28(37-30)32-10-12-33(13-11-32,43-20-32)17-29-36-26-8-6-21(31(39)40)15-27(26)38(29)18-24-9-14-41-24/h2-8,15-16,24H,9-14,17-20H2,(H,39,40)/t24-,32?,33?/m0/s1. The second-order valence-corrected chi connectivity index (χ2v) is 11.9. The van der Waals surface area contributed by atoms with Crippen LogP contribution < -0.4 is 4.74 Å². The predicted molar refractivity (Wildman–Crippen MR) is 155 cm³/mol. The number of imidazole rings is 1. The lowest BCUT2D eigenvalue weighted by atomic mass is 9.63. The van der Waals surface area contributed by atoms with Gasteiger partial charge in [0.1, 0.15) is 18.2 Å². The van der Waals surface area contributed by atoms with E-state index in [2.05, 4.69) is 9.41 Å². The summed E-state index contributed by atoms with van der Waals surface area (Å²) in [6, 6.07) is 15.1. The molecule has 3 saturated heterocycles. The second-order valence-electron chi connectivity index (χ2n) is 11.9. The number of aromatic carboxylic acids is 1. The van der Waals surface area contributed by atoms with Crippen molar-refractivity contribution in [3.05, 3.63) is 94.5 Å². The lowest BCUT2D eigenvalue weighted by molar-refractivity contribution is -0.158. The number of hydrogen-bond donors (Lipinski definition) is 1. The summed E-state index contributed by atoms with van der Waals surface area (Å²) in [4.78, 5) is 24.7. The van der Waals surface area contributed by atoms with Gasteiger partial charge in [-0.3, -0.25) is 0 Å². The van der Waals surface area contributed by atoms with Crippen LogP contribution in [0.5, 0.6) is 5.88 Å². The van der Waals surface area contributed by atoms with E-state index in [0.29, 0.717) is 31.0 Å². The summed E-state index contributed by atoms with van der Waals surface area (Å²) in [5.41, 5.74) is 2.80. The molecule has 4 fully saturated rings. The minimum Gasteiger partial charge on any atom is -0.478 e. The molecular weight excluding hydrogens is 551 g/mol. The van der Waals surface area contributed by atoms with Crippen LogP contribution in [0.1, 0.15) is 59.5 Å². The number of aromatic nitrogens is 3. The van der Waals surface area contributed by atoms with E-state index in [1.807, 2.05) is 12.1 Å². The van der Waals surface area contributed by atoms with Crippen molar-refractivity contribution >= 4 is 22.7 Å². The lowest BCUT2D eigenvalue weighted by Gasteiger charge is -2.53. The molecule has 220 valence electrons. The molecule has 1 aliphatic carbocycles. The average molecular weight is 583 g/mol. The molecule has 0 amide bonds. The van der Waals surface area contributed by atoms with Gasteiger partial charge in [-0.2, -0.15) is 0 Å². The number of hydrogen-bond acceptors (Lipinski definition) is 6. The normalized spacial score (nSPS) is 24.4. The van der Waals surface area contributed by atoms with Crippen LogP contribution in [0, 0.1) is 12.4 Å². The molecule has 1 N–H and O–H groups in total. The molecular formula is C33H31FN4O5. The highest BCUT2D eigenvalue weighted by molar-refractivity contribution is 5.92. The molecule has 4 aromatic rings. The Morgan fingerprint density at radius 1 is 1.14 bits per heavy atom. The Labute approximate surface area is 248 Å².